The first-order valence-electron chi connectivity index (χ1n) is 7.36. The lowest BCUT2D eigenvalue weighted by atomic mass is 9.78. The molecular weight excluding hydrogens is 298 g/mol. The fourth-order valence-corrected chi connectivity index (χ4v) is 2.64. The zero-order valence-corrected chi connectivity index (χ0v) is 12.7. The summed E-state index contributed by atoms with van der Waals surface area (Å²) in [6.45, 7) is 0.160. The standard InChI is InChI=1S/C17H16BFO4/c1-22-13-5-2-11(3-6-13)4-7-17(20)14-9-15-12(8-16(14)19)10-23-18(15)21/h2-3,5-6,8-9,21H,4,7,10H2,1H3. The molecule has 2 aromatic rings. The third-order valence-corrected chi connectivity index (χ3v) is 3.99. The monoisotopic (exact) mass is 314 g/mol. The Morgan fingerprint density at radius 2 is 2.09 bits per heavy atom. The molecule has 23 heavy (non-hydrogen) atoms. The van der Waals surface area contributed by atoms with E-state index < -0.39 is 12.9 Å². The van der Waals surface area contributed by atoms with Crippen molar-refractivity contribution >= 4 is 18.4 Å². The van der Waals surface area contributed by atoms with Crippen molar-refractivity contribution in [3.05, 3.63) is 58.9 Å². The van der Waals surface area contributed by atoms with Crippen LogP contribution >= 0.6 is 0 Å². The molecule has 0 aromatic heterocycles. The molecule has 0 unspecified atom stereocenters. The van der Waals surface area contributed by atoms with Gasteiger partial charge in [0.15, 0.2) is 5.78 Å². The van der Waals surface area contributed by atoms with Crippen molar-refractivity contribution in [3.63, 3.8) is 0 Å². The number of methoxy groups -OCH3 is 1. The fraction of sp³-hybridized carbons (Fsp3) is 0.235. The molecule has 118 valence electrons. The fourth-order valence-electron chi connectivity index (χ4n) is 2.64. The van der Waals surface area contributed by atoms with Crippen LogP contribution in [0.15, 0.2) is 36.4 Å². The Kier molecular flexibility index (Phi) is 4.45. The van der Waals surface area contributed by atoms with E-state index in [1.807, 2.05) is 24.3 Å². The molecule has 0 aliphatic carbocycles. The molecule has 0 radical (unpaired) electrons. The van der Waals surface area contributed by atoms with Crippen molar-refractivity contribution < 1.29 is 23.6 Å². The number of fused-ring (bicyclic) bond motifs is 1. The molecule has 2 aromatic carbocycles. The topological polar surface area (TPSA) is 55.8 Å². The summed E-state index contributed by atoms with van der Waals surface area (Å²) in [5.74, 6) is -0.111. The Labute approximate surface area is 134 Å². The van der Waals surface area contributed by atoms with Gasteiger partial charge in [0.1, 0.15) is 11.6 Å². The van der Waals surface area contributed by atoms with E-state index in [0.717, 1.165) is 11.3 Å². The average Bonchev–Trinajstić information content (AvgIpc) is 2.92. The first-order chi connectivity index (χ1) is 11.1. The molecule has 0 bridgehead atoms. The first-order valence-corrected chi connectivity index (χ1v) is 7.36. The highest BCUT2D eigenvalue weighted by atomic mass is 19.1. The van der Waals surface area contributed by atoms with Crippen molar-refractivity contribution in [1.29, 1.82) is 0 Å². The lowest BCUT2D eigenvalue weighted by molar-refractivity contribution is 0.0979. The molecule has 0 saturated carbocycles. The van der Waals surface area contributed by atoms with E-state index >= 15 is 0 Å². The molecule has 0 spiro atoms. The van der Waals surface area contributed by atoms with Gasteiger partial charge in [-0.15, -0.1) is 0 Å². The van der Waals surface area contributed by atoms with Gasteiger partial charge in [-0.3, -0.25) is 4.79 Å². The van der Waals surface area contributed by atoms with Crippen LogP contribution in [0, 0.1) is 5.82 Å². The van der Waals surface area contributed by atoms with Gasteiger partial charge in [0, 0.05) is 6.42 Å². The van der Waals surface area contributed by atoms with Gasteiger partial charge < -0.3 is 14.4 Å². The van der Waals surface area contributed by atoms with Gasteiger partial charge in [-0.25, -0.2) is 4.39 Å². The van der Waals surface area contributed by atoms with E-state index in [1.165, 1.54) is 12.1 Å². The maximum absolute atomic E-state index is 14.1. The molecule has 1 aliphatic heterocycles. The number of ether oxygens (including phenoxy) is 1. The number of hydrogen-bond acceptors (Lipinski definition) is 4. The van der Waals surface area contributed by atoms with E-state index in [1.54, 1.807) is 7.11 Å². The molecule has 1 N–H and O–H groups in total. The summed E-state index contributed by atoms with van der Waals surface area (Å²) in [5, 5.41) is 9.67. The Morgan fingerprint density at radius 3 is 2.78 bits per heavy atom. The van der Waals surface area contributed by atoms with Crippen LogP contribution in [0.4, 0.5) is 4.39 Å². The van der Waals surface area contributed by atoms with Gasteiger partial charge in [-0.1, -0.05) is 12.1 Å². The lowest BCUT2D eigenvalue weighted by Crippen LogP contribution is -2.29. The van der Waals surface area contributed by atoms with Crippen LogP contribution in [-0.2, 0) is 17.7 Å². The van der Waals surface area contributed by atoms with Crippen LogP contribution < -0.4 is 10.2 Å². The average molecular weight is 314 g/mol. The maximum atomic E-state index is 14.1. The molecule has 0 amide bonds. The minimum atomic E-state index is -1.08. The smallest absolute Gasteiger partial charge is 0.491 e. The Morgan fingerprint density at radius 1 is 1.35 bits per heavy atom. The second kappa shape index (κ2) is 6.52. The van der Waals surface area contributed by atoms with Crippen LogP contribution in [0.2, 0.25) is 0 Å². The van der Waals surface area contributed by atoms with Gasteiger partial charge in [-0.2, -0.15) is 0 Å². The van der Waals surface area contributed by atoms with E-state index in [2.05, 4.69) is 0 Å². The molecule has 3 rings (SSSR count). The number of carbonyl (C=O) groups excluding carboxylic acids is 1. The van der Waals surface area contributed by atoms with Gasteiger partial charge >= 0.3 is 7.12 Å². The number of Topliss-reactive ketones (excluding diaryl/α,β-unsaturated/α-hetero) is 1. The number of hydrogen-bond donors (Lipinski definition) is 1. The minimum absolute atomic E-state index is 0.00168. The van der Waals surface area contributed by atoms with Crippen LogP contribution in [0.3, 0.4) is 0 Å². The second-order valence-corrected chi connectivity index (χ2v) is 5.47. The molecule has 6 heteroatoms. The van der Waals surface area contributed by atoms with Crippen molar-refractivity contribution in [2.24, 2.45) is 0 Å². The molecular formula is C17H16BFO4. The first kappa shape index (κ1) is 15.7. The Balaban J connectivity index is 1.72. The summed E-state index contributed by atoms with van der Waals surface area (Å²) in [4.78, 5) is 12.3. The van der Waals surface area contributed by atoms with E-state index in [9.17, 15) is 14.2 Å². The van der Waals surface area contributed by atoms with Crippen LogP contribution in [0.25, 0.3) is 0 Å². The summed E-state index contributed by atoms with van der Waals surface area (Å²) < 4.78 is 24.2. The van der Waals surface area contributed by atoms with Gasteiger partial charge in [-0.05, 0) is 47.3 Å². The summed E-state index contributed by atoms with van der Waals surface area (Å²) in [6, 6.07) is 10.1. The summed E-state index contributed by atoms with van der Waals surface area (Å²) in [7, 11) is 0.506. The zero-order valence-electron chi connectivity index (χ0n) is 12.7. The van der Waals surface area contributed by atoms with Gasteiger partial charge in [0.2, 0.25) is 0 Å². The molecule has 0 fully saturated rings. The minimum Gasteiger partial charge on any atom is -0.497 e. The van der Waals surface area contributed by atoms with Crippen molar-refractivity contribution in [3.8, 4) is 5.75 Å². The van der Waals surface area contributed by atoms with Gasteiger partial charge in [0.25, 0.3) is 0 Å². The van der Waals surface area contributed by atoms with Crippen LogP contribution in [0.5, 0.6) is 5.75 Å². The predicted molar refractivity (Wildman–Crippen MR) is 84.4 cm³/mol. The summed E-state index contributed by atoms with van der Waals surface area (Å²) in [5.41, 5.74) is 2.03. The van der Waals surface area contributed by atoms with E-state index in [4.69, 9.17) is 9.39 Å². The largest absolute Gasteiger partial charge is 0.497 e. The summed E-state index contributed by atoms with van der Waals surface area (Å²) in [6.07, 6.45) is 0.706. The van der Waals surface area contributed by atoms with Crippen LogP contribution in [-0.4, -0.2) is 25.0 Å². The van der Waals surface area contributed by atoms with E-state index in [0.29, 0.717) is 17.4 Å². The highest BCUT2D eigenvalue weighted by Crippen LogP contribution is 2.18. The molecule has 4 nitrogen and oxygen atoms in total. The van der Waals surface area contributed by atoms with Crippen molar-refractivity contribution in [2.45, 2.75) is 19.4 Å². The highest BCUT2D eigenvalue weighted by molar-refractivity contribution is 6.61. The van der Waals surface area contributed by atoms with E-state index in [-0.39, 0.29) is 24.4 Å². The molecule has 0 atom stereocenters. The quantitative estimate of drug-likeness (QED) is 0.676. The zero-order chi connectivity index (χ0) is 16.4. The Bertz CT molecular complexity index is 730. The number of ketones is 1. The van der Waals surface area contributed by atoms with Crippen LogP contribution in [0.1, 0.15) is 27.9 Å². The molecule has 1 heterocycles. The molecule has 1 aliphatic rings. The SMILES string of the molecule is COc1ccc(CCC(=O)c2cc3c(cc2F)COB3O)cc1. The number of halogens is 1. The third kappa shape index (κ3) is 3.28. The summed E-state index contributed by atoms with van der Waals surface area (Å²) >= 11 is 0. The molecule has 0 saturated heterocycles. The van der Waals surface area contributed by atoms with Crippen molar-refractivity contribution in [1.82, 2.24) is 0 Å². The number of aryl methyl sites for hydroxylation is 1. The lowest BCUT2D eigenvalue weighted by Gasteiger charge is -2.07. The highest BCUT2D eigenvalue weighted by Gasteiger charge is 2.29. The van der Waals surface area contributed by atoms with Gasteiger partial charge in [0.05, 0.1) is 19.3 Å². The number of carbonyl (C=O) groups is 1. The third-order valence-electron chi connectivity index (χ3n) is 3.99. The predicted octanol–water partition coefficient (Wildman–Crippen LogP) is 1.87. The number of rotatable bonds is 5. The normalized spacial score (nSPS) is 13.1. The Hall–Kier alpha value is -2.18. The number of benzene rings is 2. The van der Waals surface area contributed by atoms with Crippen molar-refractivity contribution in [2.75, 3.05) is 7.11 Å². The second-order valence-electron chi connectivity index (χ2n) is 5.47. The maximum Gasteiger partial charge on any atom is 0.491 e.